The average Bonchev–Trinajstić information content (AvgIpc) is 3.43. The van der Waals surface area contributed by atoms with E-state index in [0.29, 0.717) is 28.1 Å². The summed E-state index contributed by atoms with van der Waals surface area (Å²) >= 11 is 0. The van der Waals surface area contributed by atoms with Crippen LogP contribution in [0.1, 0.15) is 35.5 Å². The molecule has 0 unspecified atom stereocenters. The lowest BCUT2D eigenvalue weighted by molar-refractivity contribution is -0.146. The van der Waals surface area contributed by atoms with Crippen molar-refractivity contribution in [3.63, 3.8) is 0 Å². The fourth-order valence-electron chi connectivity index (χ4n) is 6.05. The van der Waals surface area contributed by atoms with Crippen LogP contribution in [0.3, 0.4) is 0 Å². The number of methoxy groups -OCH3 is 1. The summed E-state index contributed by atoms with van der Waals surface area (Å²) in [5, 5.41) is 16.0. The van der Waals surface area contributed by atoms with Crippen molar-refractivity contribution in [1.82, 2.24) is 19.7 Å². The van der Waals surface area contributed by atoms with Gasteiger partial charge >= 0.3 is 12.1 Å². The summed E-state index contributed by atoms with van der Waals surface area (Å²) in [7, 11) is 1.54. The molecule has 0 aliphatic carbocycles. The molecule has 4 aromatic carbocycles. The molecule has 282 valence electrons. The highest BCUT2D eigenvalue weighted by Crippen LogP contribution is 2.33. The standard InChI is InChI=1S/C41H38FN5O8/c1-25(41(3,39(50)51)45-40(52)54-24-27-11-7-5-8-12-27)23-46-26(2)36(38(49)47(46)29-13-9-6-10-14-29)37(48)44-28-15-18-35(32(42)21-28)55-34-19-20-43-33-22-30(53-4)16-17-31(33)34/h5-22,25H,23-24H2,1-4H3,(H,44,48)(H,45,52)(H,50,51)/t25-,41-/m0/s1. The van der Waals surface area contributed by atoms with E-state index in [0.717, 1.165) is 11.6 Å². The molecule has 3 N–H and O–H groups in total. The Bertz CT molecular complexity index is 2430. The summed E-state index contributed by atoms with van der Waals surface area (Å²) in [4.78, 5) is 57.6. The minimum atomic E-state index is -1.86. The first-order chi connectivity index (χ1) is 26.4. The highest BCUT2D eigenvalue weighted by Gasteiger charge is 2.42. The van der Waals surface area contributed by atoms with Gasteiger partial charge in [-0.15, -0.1) is 0 Å². The van der Waals surface area contributed by atoms with Gasteiger partial charge in [-0.2, -0.15) is 0 Å². The molecule has 0 spiro atoms. The number of hydrogen-bond donors (Lipinski definition) is 3. The molecule has 6 rings (SSSR count). The van der Waals surface area contributed by atoms with Crippen LogP contribution in [0.2, 0.25) is 0 Å². The fourth-order valence-corrected chi connectivity index (χ4v) is 6.05. The van der Waals surface area contributed by atoms with E-state index >= 15 is 4.39 Å². The number of fused-ring (bicyclic) bond motifs is 1. The van der Waals surface area contributed by atoms with Crippen molar-refractivity contribution < 1.29 is 38.1 Å². The minimum absolute atomic E-state index is 0.0574. The number of carboxylic acids is 1. The van der Waals surface area contributed by atoms with E-state index in [1.165, 1.54) is 34.6 Å². The second kappa shape index (κ2) is 16.0. The normalized spacial score (nSPS) is 12.7. The first-order valence-electron chi connectivity index (χ1n) is 17.2. The van der Waals surface area contributed by atoms with Gasteiger partial charge in [-0.05, 0) is 61.9 Å². The lowest BCUT2D eigenvalue weighted by atomic mass is 9.87. The molecule has 0 saturated heterocycles. The lowest BCUT2D eigenvalue weighted by Gasteiger charge is -2.33. The number of rotatable bonds is 13. The van der Waals surface area contributed by atoms with E-state index in [1.807, 2.05) is 6.07 Å². The van der Waals surface area contributed by atoms with Gasteiger partial charge in [0.25, 0.3) is 11.5 Å². The van der Waals surface area contributed by atoms with E-state index in [2.05, 4.69) is 15.6 Å². The summed E-state index contributed by atoms with van der Waals surface area (Å²) in [5.74, 6) is -2.93. The SMILES string of the molecule is COc1ccc2c(Oc3ccc(NC(=O)c4c(C)n(C[C@H](C)[C@](C)(NC(=O)OCc5ccccc5)C(=O)O)n(-c5ccccc5)c4=O)cc3F)ccnc2c1. The van der Waals surface area contributed by atoms with E-state index in [9.17, 15) is 24.3 Å². The number of carboxylic acid groups (broad SMARTS) is 1. The van der Waals surface area contributed by atoms with Crippen LogP contribution >= 0.6 is 0 Å². The molecule has 14 heteroatoms. The number of alkyl carbamates (subject to hydrolysis) is 1. The Morgan fingerprint density at radius 1 is 0.945 bits per heavy atom. The summed E-state index contributed by atoms with van der Waals surface area (Å²) < 4.78 is 34.6. The predicted octanol–water partition coefficient (Wildman–Crippen LogP) is 7.09. The van der Waals surface area contributed by atoms with Gasteiger partial charge in [0, 0.05) is 41.9 Å². The fraction of sp³-hybridized carbons (Fsp3) is 0.195. The van der Waals surface area contributed by atoms with E-state index in [4.69, 9.17) is 14.2 Å². The smallest absolute Gasteiger partial charge is 0.408 e. The molecule has 0 bridgehead atoms. The number of aliphatic carboxylic acids is 1. The average molecular weight is 748 g/mol. The number of carbonyl (C=O) groups excluding carboxylic acids is 2. The van der Waals surface area contributed by atoms with E-state index < -0.39 is 40.8 Å². The zero-order valence-corrected chi connectivity index (χ0v) is 30.4. The number of hydrogen-bond acceptors (Lipinski definition) is 8. The topological polar surface area (TPSA) is 163 Å². The number of nitrogens with zero attached hydrogens (tertiary/aromatic N) is 3. The summed E-state index contributed by atoms with van der Waals surface area (Å²) in [6, 6.07) is 28.1. The molecule has 2 heterocycles. The number of carbonyl (C=O) groups is 3. The zero-order valence-electron chi connectivity index (χ0n) is 30.4. The number of halogens is 1. The molecule has 0 fully saturated rings. The number of para-hydroxylation sites is 1. The molecular weight excluding hydrogens is 709 g/mol. The first-order valence-corrected chi connectivity index (χ1v) is 17.2. The number of amides is 2. The highest BCUT2D eigenvalue weighted by atomic mass is 19.1. The maximum absolute atomic E-state index is 15.4. The van der Waals surface area contributed by atoms with Crippen LogP contribution in [0, 0.1) is 18.7 Å². The predicted molar refractivity (Wildman–Crippen MR) is 202 cm³/mol. The number of aromatic nitrogens is 3. The van der Waals surface area contributed by atoms with Gasteiger partial charge < -0.3 is 30.0 Å². The zero-order chi connectivity index (χ0) is 39.3. The van der Waals surface area contributed by atoms with Crippen LogP contribution in [0.15, 0.2) is 114 Å². The molecule has 2 aromatic heterocycles. The largest absolute Gasteiger partial charge is 0.497 e. The Balaban J connectivity index is 1.25. The van der Waals surface area contributed by atoms with Crippen LogP contribution in [0.5, 0.6) is 17.2 Å². The quantitative estimate of drug-likeness (QED) is 0.112. The summed E-state index contributed by atoms with van der Waals surface area (Å²) in [6.45, 7) is 4.30. The van der Waals surface area contributed by atoms with Gasteiger partial charge in [0.15, 0.2) is 11.6 Å². The second-order valence-electron chi connectivity index (χ2n) is 13.0. The minimum Gasteiger partial charge on any atom is -0.497 e. The van der Waals surface area contributed by atoms with Crippen molar-refractivity contribution in [2.75, 3.05) is 12.4 Å². The van der Waals surface area contributed by atoms with Crippen molar-refractivity contribution in [1.29, 1.82) is 0 Å². The van der Waals surface area contributed by atoms with Crippen LogP contribution in [-0.4, -0.2) is 50.1 Å². The van der Waals surface area contributed by atoms with E-state index in [-0.39, 0.29) is 35.8 Å². The Morgan fingerprint density at radius 3 is 2.33 bits per heavy atom. The van der Waals surface area contributed by atoms with Crippen molar-refractivity contribution in [3.05, 3.63) is 142 Å². The Kier molecular flexibility index (Phi) is 11.0. The monoisotopic (exact) mass is 747 g/mol. The third kappa shape index (κ3) is 8.03. The van der Waals surface area contributed by atoms with Crippen LogP contribution in [0.4, 0.5) is 14.9 Å². The van der Waals surface area contributed by atoms with Gasteiger partial charge in [-0.3, -0.25) is 19.3 Å². The van der Waals surface area contributed by atoms with E-state index in [1.54, 1.807) is 99.8 Å². The van der Waals surface area contributed by atoms with Crippen molar-refractivity contribution in [2.45, 2.75) is 39.5 Å². The molecule has 6 aromatic rings. The first kappa shape index (κ1) is 37.8. The molecule has 0 aliphatic heterocycles. The van der Waals surface area contributed by atoms with Crippen molar-refractivity contribution in [3.8, 4) is 22.9 Å². The molecular formula is C41H38FN5O8. The van der Waals surface area contributed by atoms with Gasteiger partial charge in [0.2, 0.25) is 0 Å². The molecule has 55 heavy (non-hydrogen) atoms. The lowest BCUT2D eigenvalue weighted by Crippen LogP contribution is -2.57. The number of nitrogens with one attached hydrogen (secondary N) is 2. The van der Waals surface area contributed by atoms with Crippen LogP contribution < -0.4 is 25.7 Å². The number of anilines is 1. The number of pyridine rings is 1. The van der Waals surface area contributed by atoms with Crippen LogP contribution in [-0.2, 0) is 22.7 Å². The highest BCUT2D eigenvalue weighted by molar-refractivity contribution is 6.05. The molecule has 0 saturated carbocycles. The van der Waals surface area contributed by atoms with Gasteiger partial charge in [-0.1, -0.05) is 55.5 Å². The number of ether oxygens (including phenoxy) is 3. The van der Waals surface area contributed by atoms with Crippen molar-refractivity contribution in [2.24, 2.45) is 5.92 Å². The maximum Gasteiger partial charge on any atom is 0.408 e. The van der Waals surface area contributed by atoms with Crippen molar-refractivity contribution >= 4 is 34.6 Å². The van der Waals surface area contributed by atoms with Gasteiger partial charge in [0.05, 0.1) is 24.0 Å². The van der Waals surface area contributed by atoms with Crippen LogP contribution in [0.25, 0.3) is 16.6 Å². The molecule has 2 amide bonds. The third-order valence-electron chi connectivity index (χ3n) is 9.40. The second-order valence-corrected chi connectivity index (χ2v) is 13.0. The molecule has 0 aliphatic rings. The summed E-state index contributed by atoms with van der Waals surface area (Å²) in [6.07, 6.45) is 0.588. The third-order valence-corrected chi connectivity index (χ3v) is 9.40. The maximum atomic E-state index is 15.4. The summed E-state index contributed by atoms with van der Waals surface area (Å²) in [5.41, 5.74) is -0.823. The van der Waals surface area contributed by atoms with Gasteiger partial charge in [0.1, 0.15) is 29.2 Å². The molecule has 2 atom stereocenters. The Hall–Kier alpha value is -6.96. The number of benzene rings is 4. The Labute approximate surface area is 314 Å². The molecule has 13 nitrogen and oxygen atoms in total. The Morgan fingerprint density at radius 2 is 1.65 bits per heavy atom. The molecule has 0 radical (unpaired) electrons. The van der Waals surface area contributed by atoms with Gasteiger partial charge in [-0.25, -0.2) is 18.7 Å².